The molecule has 0 saturated heterocycles. The number of carbonyl (C=O) groups is 1. The Bertz CT molecular complexity index is 1050. The van der Waals surface area contributed by atoms with Crippen LogP contribution in [0.5, 0.6) is 11.5 Å². The fourth-order valence-electron chi connectivity index (χ4n) is 2.53. The van der Waals surface area contributed by atoms with Crippen LogP contribution in [0.15, 0.2) is 47.0 Å². The van der Waals surface area contributed by atoms with Gasteiger partial charge >= 0.3 is 5.97 Å². The van der Waals surface area contributed by atoms with E-state index in [1.165, 1.54) is 20.3 Å². The first-order chi connectivity index (χ1) is 13.9. The number of benzene rings is 2. The van der Waals surface area contributed by atoms with Gasteiger partial charge in [-0.25, -0.2) is 4.79 Å². The van der Waals surface area contributed by atoms with Crippen molar-refractivity contribution in [3.05, 3.63) is 68.9 Å². The first kappa shape index (κ1) is 20.2. The highest BCUT2D eigenvalue weighted by molar-refractivity contribution is 6.30. The maximum atomic E-state index is 12.4. The van der Waals surface area contributed by atoms with Crippen molar-refractivity contribution in [1.82, 2.24) is 5.16 Å². The van der Waals surface area contributed by atoms with Crippen molar-refractivity contribution in [2.24, 2.45) is 0 Å². The van der Waals surface area contributed by atoms with E-state index in [-0.39, 0.29) is 23.7 Å². The minimum atomic E-state index is -0.909. The van der Waals surface area contributed by atoms with Crippen LogP contribution in [0, 0.1) is 10.1 Å². The van der Waals surface area contributed by atoms with Crippen molar-refractivity contribution in [2.45, 2.75) is 6.61 Å². The quantitative estimate of drug-likeness (QED) is 0.317. The lowest BCUT2D eigenvalue weighted by atomic mass is 10.1. The molecule has 10 heteroatoms. The Labute approximate surface area is 169 Å². The van der Waals surface area contributed by atoms with E-state index in [9.17, 15) is 14.9 Å². The first-order valence-electron chi connectivity index (χ1n) is 8.22. The highest BCUT2D eigenvalue weighted by atomic mass is 35.5. The number of carbonyl (C=O) groups excluding carboxylic acids is 1. The van der Waals surface area contributed by atoms with Gasteiger partial charge in [0.2, 0.25) is 0 Å². The minimum absolute atomic E-state index is 0.125. The molecule has 0 aliphatic heterocycles. The predicted molar refractivity (Wildman–Crippen MR) is 102 cm³/mol. The summed E-state index contributed by atoms with van der Waals surface area (Å²) in [5.74, 6) is -0.158. The largest absolute Gasteiger partial charge is 0.493 e. The minimum Gasteiger partial charge on any atom is -0.493 e. The van der Waals surface area contributed by atoms with E-state index >= 15 is 0 Å². The third kappa shape index (κ3) is 4.46. The van der Waals surface area contributed by atoms with Crippen LogP contribution in [0.2, 0.25) is 5.02 Å². The number of nitro groups is 1. The third-order valence-electron chi connectivity index (χ3n) is 3.96. The lowest BCUT2D eigenvalue weighted by Crippen LogP contribution is -2.09. The highest BCUT2D eigenvalue weighted by Gasteiger charge is 2.26. The molecule has 0 spiro atoms. The Morgan fingerprint density at radius 1 is 1.14 bits per heavy atom. The molecule has 2 aromatic carbocycles. The average Bonchev–Trinajstić information content (AvgIpc) is 3.20. The van der Waals surface area contributed by atoms with E-state index in [4.69, 9.17) is 30.3 Å². The smallest absolute Gasteiger partial charge is 0.345 e. The molecule has 0 radical (unpaired) electrons. The normalized spacial score (nSPS) is 10.4. The highest BCUT2D eigenvalue weighted by Crippen LogP contribution is 2.35. The molecule has 150 valence electrons. The number of hydrogen-bond donors (Lipinski definition) is 0. The molecular formula is C19H15ClN2O7. The van der Waals surface area contributed by atoms with Crippen molar-refractivity contribution >= 4 is 23.3 Å². The van der Waals surface area contributed by atoms with Gasteiger partial charge < -0.3 is 18.7 Å². The molecule has 29 heavy (non-hydrogen) atoms. The summed E-state index contributed by atoms with van der Waals surface area (Å²) in [6.07, 6.45) is 0. The van der Waals surface area contributed by atoms with Gasteiger partial charge in [-0.2, -0.15) is 0 Å². The number of halogens is 1. The Kier molecular flexibility index (Phi) is 5.99. The number of nitro benzene ring substituents is 1. The van der Waals surface area contributed by atoms with Gasteiger partial charge in [-0.05, 0) is 24.3 Å². The van der Waals surface area contributed by atoms with E-state index < -0.39 is 16.6 Å². The summed E-state index contributed by atoms with van der Waals surface area (Å²) in [6, 6.07) is 10.8. The molecule has 1 heterocycles. The SMILES string of the molecule is COc1cc(C(=O)OCc2cc(-c3ccc(Cl)cc3)on2)c([N+](=O)[O-])cc1OC. The van der Waals surface area contributed by atoms with Crippen LogP contribution in [-0.2, 0) is 11.3 Å². The summed E-state index contributed by atoms with van der Waals surface area (Å²) >= 11 is 5.85. The van der Waals surface area contributed by atoms with Gasteiger partial charge in [0.15, 0.2) is 17.3 Å². The van der Waals surface area contributed by atoms with Crippen molar-refractivity contribution < 1.29 is 28.5 Å². The summed E-state index contributed by atoms with van der Waals surface area (Å²) < 4.78 is 20.5. The maximum Gasteiger partial charge on any atom is 0.345 e. The van der Waals surface area contributed by atoms with E-state index in [1.807, 2.05) is 0 Å². The lowest BCUT2D eigenvalue weighted by molar-refractivity contribution is -0.385. The molecule has 3 rings (SSSR count). The zero-order chi connectivity index (χ0) is 21.0. The average molecular weight is 419 g/mol. The topological polar surface area (TPSA) is 114 Å². The molecule has 0 bridgehead atoms. The number of ether oxygens (including phenoxy) is 3. The molecule has 0 N–H and O–H groups in total. The fraction of sp³-hybridized carbons (Fsp3) is 0.158. The summed E-state index contributed by atoms with van der Waals surface area (Å²) in [7, 11) is 2.69. The molecule has 1 aromatic heterocycles. The molecule has 3 aromatic rings. The fourth-order valence-corrected chi connectivity index (χ4v) is 2.66. The Balaban J connectivity index is 1.77. The van der Waals surface area contributed by atoms with E-state index in [0.29, 0.717) is 16.5 Å². The van der Waals surface area contributed by atoms with E-state index in [0.717, 1.165) is 11.6 Å². The van der Waals surface area contributed by atoms with E-state index in [2.05, 4.69) is 5.16 Å². The Morgan fingerprint density at radius 2 is 1.79 bits per heavy atom. The third-order valence-corrected chi connectivity index (χ3v) is 4.21. The number of nitrogens with zero attached hydrogens (tertiary/aromatic N) is 2. The van der Waals surface area contributed by atoms with Crippen molar-refractivity contribution in [2.75, 3.05) is 14.2 Å². The number of methoxy groups -OCH3 is 2. The van der Waals surface area contributed by atoms with Crippen LogP contribution in [0.25, 0.3) is 11.3 Å². The molecule has 0 saturated carbocycles. The van der Waals surface area contributed by atoms with Crippen LogP contribution < -0.4 is 9.47 Å². The number of esters is 1. The standard InChI is InChI=1S/C19H15ClN2O7/c1-26-17-8-14(15(22(24)25)9-18(17)27-2)19(23)28-10-13-7-16(29-21-13)11-3-5-12(20)6-4-11/h3-9H,10H2,1-2H3. The Hall–Kier alpha value is -3.59. The monoisotopic (exact) mass is 418 g/mol. The van der Waals surface area contributed by atoms with E-state index in [1.54, 1.807) is 30.3 Å². The van der Waals surface area contributed by atoms with Crippen LogP contribution in [0.3, 0.4) is 0 Å². The molecule has 0 unspecified atom stereocenters. The van der Waals surface area contributed by atoms with Gasteiger partial charge in [0.05, 0.1) is 25.2 Å². The summed E-state index contributed by atoms with van der Waals surface area (Å²) in [5.41, 5.74) is 0.352. The molecule has 0 aliphatic rings. The van der Waals surface area contributed by atoms with Crippen molar-refractivity contribution in [3.63, 3.8) is 0 Å². The number of rotatable bonds is 7. The number of aromatic nitrogens is 1. The first-order valence-corrected chi connectivity index (χ1v) is 8.59. The van der Waals surface area contributed by atoms with Crippen molar-refractivity contribution in [1.29, 1.82) is 0 Å². The van der Waals surface area contributed by atoms with Crippen LogP contribution >= 0.6 is 11.6 Å². The van der Waals surface area contributed by atoms with Crippen molar-refractivity contribution in [3.8, 4) is 22.8 Å². The number of hydrogen-bond acceptors (Lipinski definition) is 8. The predicted octanol–water partition coefficient (Wildman–Crippen LogP) is 4.28. The molecule has 0 atom stereocenters. The van der Waals surface area contributed by atoms with Crippen LogP contribution in [0.4, 0.5) is 5.69 Å². The van der Waals surface area contributed by atoms with Gasteiger partial charge in [0, 0.05) is 22.7 Å². The second kappa shape index (κ2) is 8.61. The van der Waals surface area contributed by atoms with Gasteiger partial charge in [-0.3, -0.25) is 10.1 Å². The molecular weight excluding hydrogens is 404 g/mol. The molecule has 0 aliphatic carbocycles. The molecule has 9 nitrogen and oxygen atoms in total. The summed E-state index contributed by atoms with van der Waals surface area (Å²) in [6.45, 7) is -0.235. The van der Waals surface area contributed by atoms with Crippen LogP contribution in [-0.4, -0.2) is 30.3 Å². The molecule has 0 amide bonds. The van der Waals surface area contributed by atoms with Gasteiger partial charge in [0.25, 0.3) is 5.69 Å². The van der Waals surface area contributed by atoms with Crippen LogP contribution in [0.1, 0.15) is 16.1 Å². The zero-order valence-corrected chi connectivity index (χ0v) is 16.1. The van der Waals surface area contributed by atoms with Gasteiger partial charge in [-0.1, -0.05) is 16.8 Å². The maximum absolute atomic E-state index is 12.4. The molecule has 0 fully saturated rings. The Morgan fingerprint density at radius 3 is 2.41 bits per heavy atom. The second-order valence-electron chi connectivity index (χ2n) is 5.75. The summed E-state index contributed by atoms with van der Waals surface area (Å²) in [4.78, 5) is 23.0. The lowest BCUT2D eigenvalue weighted by Gasteiger charge is -2.10. The van der Waals surface area contributed by atoms with Gasteiger partial charge in [-0.15, -0.1) is 0 Å². The second-order valence-corrected chi connectivity index (χ2v) is 6.18. The summed E-state index contributed by atoms with van der Waals surface area (Å²) in [5, 5.41) is 15.7. The zero-order valence-electron chi connectivity index (χ0n) is 15.4. The van der Waals surface area contributed by atoms with Gasteiger partial charge in [0.1, 0.15) is 17.9 Å².